The number of phosphoric ester groups is 2. The van der Waals surface area contributed by atoms with Gasteiger partial charge in [0.2, 0.25) is 0 Å². The maximum Gasteiger partial charge on any atom is 0.472 e. The molecular formula is C89H174O17P2. The second kappa shape index (κ2) is 80.3. The van der Waals surface area contributed by atoms with Crippen molar-refractivity contribution in [2.45, 2.75) is 496 Å². The van der Waals surface area contributed by atoms with Gasteiger partial charge in [-0.05, 0) is 37.5 Å². The largest absolute Gasteiger partial charge is 0.472 e. The SMILES string of the molecule is CCCCCCCCCCCCCCCCCC(=O)O[C@H](COC(=O)CCCCCCCCCCC)COP(=O)(O)OC[C@H](O)COP(=O)(O)OC[C@@H](COC(=O)CCCCCCCCCCCCCCCCCCCCC(C)CC)OC(=O)CCCCCCCCCCCCCCCCCCCCC(C)CC. The lowest BCUT2D eigenvalue weighted by Gasteiger charge is -2.21. The molecule has 0 aromatic heterocycles. The third-order valence-electron chi connectivity index (χ3n) is 21.7. The number of unbranched alkanes of at least 4 members (excludes halogenated alkanes) is 56. The Morgan fingerprint density at radius 1 is 0.259 bits per heavy atom. The Hall–Kier alpha value is -1.94. The van der Waals surface area contributed by atoms with Crippen LogP contribution in [-0.4, -0.2) is 96.7 Å². The Balaban J connectivity index is 5.19. The van der Waals surface area contributed by atoms with E-state index < -0.39 is 97.5 Å². The summed E-state index contributed by atoms with van der Waals surface area (Å²) in [5.41, 5.74) is 0. The summed E-state index contributed by atoms with van der Waals surface area (Å²) in [5, 5.41) is 10.7. The van der Waals surface area contributed by atoms with Gasteiger partial charge >= 0.3 is 39.5 Å². The first-order valence-electron chi connectivity index (χ1n) is 46.1. The molecule has 4 unspecified atom stereocenters. The Bertz CT molecular complexity index is 2070. The average Bonchev–Trinajstić information content (AvgIpc) is 0.902. The quantitative estimate of drug-likeness (QED) is 0.0222. The number of phosphoric acid groups is 2. The molecule has 17 nitrogen and oxygen atoms in total. The topological polar surface area (TPSA) is 237 Å². The van der Waals surface area contributed by atoms with Crippen molar-refractivity contribution >= 4 is 39.5 Å². The molecular weight excluding hydrogens is 1400 g/mol. The highest BCUT2D eigenvalue weighted by atomic mass is 31.2. The molecule has 0 saturated carbocycles. The molecule has 7 atom stereocenters. The average molecular weight is 1580 g/mol. The molecule has 0 amide bonds. The molecule has 0 aliphatic heterocycles. The summed E-state index contributed by atoms with van der Waals surface area (Å²) in [6.45, 7) is 9.81. The van der Waals surface area contributed by atoms with Crippen LogP contribution in [0.15, 0.2) is 0 Å². The van der Waals surface area contributed by atoms with Crippen molar-refractivity contribution in [1.29, 1.82) is 0 Å². The lowest BCUT2D eigenvalue weighted by atomic mass is 9.99. The zero-order valence-electron chi connectivity index (χ0n) is 71.2. The molecule has 0 rings (SSSR count). The predicted molar refractivity (Wildman–Crippen MR) is 446 cm³/mol. The van der Waals surface area contributed by atoms with Gasteiger partial charge < -0.3 is 33.8 Å². The van der Waals surface area contributed by atoms with Crippen LogP contribution in [0.5, 0.6) is 0 Å². The Morgan fingerprint density at radius 2 is 0.444 bits per heavy atom. The van der Waals surface area contributed by atoms with Gasteiger partial charge in [-0.15, -0.1) is 0 Å². The maximum absolute atomic E-state index is 13.2. The van der Waals surface area contributed by atoms with E-state index in [2.05, 4.69) is 41.5 Å². The first-order chi connectivity index (χ1) is 52.4. The molecule has 0 aromatic rings. The number of aliphatic hydroxyl groups is 1. The fourth-order valence-electron chi connectivity index (χ4n) is 13.9. The van der Waals surface area contributed by atoms with Crippen LogP contribution in [0.2, 0.25) is 0 Å². The Morgan fingerprint density at radius 3 is 0.657 bits per heavy atom. The number of carbonyl (C=O) groups is 4. The number of esters is 4. The smallest absolute Gasteiger partial charge is 0.462 e. The Labute approximate surface area is 664 Å². The first kappa shape index (κ1) is 106. The molecule has 0 spiro atoms. The summed E-state index contributed by atoms with van der Waals surface area (Å²) in [6.07, 6.45) is 73.6. The molecule has 0 fully saturated rings. The maximum atomic E-state index is 13.2. The summed E-state index contributed by atoms with van der Waals surface area (Å²) < 4.78 is 68.9. The van der Waals surface area contributed by atoms with Gasteiger partial charge in [0.05, 0.1) is 26.4 Å². The van der Waals surface area contributed by atoms with E-state index in [1.807, 2.05) is 0 Å². The van der Waals surface area contributed by atoms with E-state index >= 15 is 0 Å². The number of rotatable bonds is 88. The van der Waals surface area contributed by atoms with Gasteiger partial charge in [-0.25, -0.2) is 9.13 Å². The lowest BCUT2D eigenvalue weighted by molar-refractivity contribution is -0.161. The number of aliphatic hydroxyl groups excluding tert-OH is 1. The van der Waals surface area contributed by atoms with Crippen LogP contribution >= 0.6 is 15.6 Å². The van der Waals surface area contributed by atoms with E-state index in [-0.39, 0.29) is 25.7 Å². The predicted octanol–water partition coefficient (Wildman–Crippen LogP) is 27.4. The van der Waals surface area contributed by atoms with Crippen LogP contribution in [0.4, 0.5) is 0 Å². The van der Waals surface area contributed by atoms with Gasteiger partial charge in [0.15, 0.2) is 12.2 Å². The van der Waals surface area contributed by atoms with E-state index in [1.165, 1.54) is 295 Å². The fraction of sp³-hybridized carbons (Fsp3) is 0.955. The highest BCUT2D eigenvalue weighted by Crippen LogP contribution is 2.45. The molecule has 0 heterocycles. The van der Waals surface area contributed by atoms with Gasteiger partial charge in [0.25, 0.3) is 0 Å². The van der Waals surface area contributed by atoms with Gasteiger partial charge in [0, 0.05) is 25.7 Å². The number of ether oxygens (including phenoxy) is 4. The first-order valence-corrected chi connectivity index (χ1v) is 49.1. The van der Waals surface area contributed by atoms with Crippen molar-refractivity contribution in [2.75, 3.05) is 39.6 Å². The van der Waals surface area contributed by atoms with Crippen LogP contribution in [0, 0.1) is 11.8 Å². The molecule has 0 saturated heterocycles. The van der Waals surface area contributed by atoms with Crippen LogP contribution in [-0.2, 0) is 65.4 Å². The zero-order chi connectivity index (χ0) is 79.2. The highest BCUT2D eigenvalue weighted by molar-refractivity contribution is 7.47. The van der Waals surface area contributed by atoms with E-state index in [4.69, 9.17) is 37.0 Å². The van der Waals surface area contributed by atoms with Crippen LogP contribution in [0.1, 0.15) is 478 Å². The van der Waals surface area contributed by atoms with Gasteiger partial charge in [-0.1, -0.05) is 427 Å². The van der Waals surface area contributed by atoms with Crippen molar-refractivity contribution in [3.05, 3.63) is 0 Å². The lowest BCUT2D eigenvalue weighted by Crippen LogP contribution is -2.30. The van der Waals surface area contributed by atoms with E-state index in [0.717, 1.165) is 102 Å². The summed E-state index contributed by atoms with van der Waals surface area (Å²) in [6, 6.07) is 0. The van der Waals surface area contributed by atoms with Crippen LogP contribution < -0.4 is 0 Å². The zero-order valence-corrected chi connectivity index (χ0v) is 73.0. The summed E-state index contributed by atoms with van der Waals surface area (Å²) in [4.78, 5) is 73.2. The molecule has 3 N–H and O–H groups in total. The van der Waals surface area contributed by atoms with Crippen molar-refractivity contribution < 1.29 is 80.2 Å². The minimum atomic E-state index is -4.97. The third kappa shape index (κ3) is 79.3. The molecule has 642 valence electrons. The van der Waals surface area contributed by atoms with E-state index in [9.17, 15) is 43.2 Å². The molecule has 0 radical (unpaired) electrons. The molecule has 0 aliphatic carbocycles. The van der Waals surface area contributed by atoms with Crippen molar-refractivity contribution in [1.82, 2.24) is 0 Å². The standard InChI is InChI=1S/C89H174O17P2/c1-7-11-13-15-17-19-20-21-30-38-43-49-55-61-67-73-88(93)105-84(77-99-86(91)71-65-59-53-45-18-16-14-12-8-2)79-103-107(95,96)101-75-83(90)76-102-108(97,98)104-80-85(106-89(94)74-68-62-56-50-44-39-34-29-25-23-27-32-36-41-47-52-58-64-70-82(6)10-4)78-100-87(92)72-66-60-54-48-42-37-33-28-24-22-26-31-35-40-46-51-57-63-69-81(5)9-3/h81-85,90H,7-80H2,1-6H3,(H,95,96)(H,97,98)/t81?,82?,83-,84+,85+/m0/s1. The number of hydrogen-bond donors (Lipinski definition) is 3. The van der Waals surface area contributed by atoms with Gasteiger partial charge in [-0.3, -0.25) is 37.3 Å². The van der Waals surface area contributed by atoms with Gasteiger partial charge in [-0.2, -0.15) is 0 Å². The Kier molecular flexibility index (Phi) is 78.8. The number of carbonyl (C=O) groups excluding carboxylic acids is 4. The molecule has 0 aliphatic rings. The minimum absolute atomic E-state index is 0.108. The van der Waals surface area contributed by atoms with Crippen LogP contribution in [0.25, 0.3) is 0 Å². The second-order valence-corrected chi connectivity index (χ2v) is 35.4. The second-order valence-electron chi connectivity index (χ2n) is 32.5. The van der Waals surface area contributed by atoms with E-state index in [1.54, 1.807) is 0 Å². The van der Waals surface area contributed by atoms with Crippen LogP contribution in [0.3, 0.4) is 0 Å². The van der Waals surface area contributed by atoms with Gasteiger partial charge in [0.1, 0.15) is 19.3 Å². The molecule has 0 bridgehead atoms. The molecule has 108 heavy (non-hydrogen) atoms. The normalized spacial score (nSPS) is 14.3. The van der Waals surface area contributed by atoms with Crippen molar-refractivity contribution in [2.24, 2.45) is 11.8 Å². The summed E-state index contributed by atoms with van der Waals surface area (Å²) in [5.74, 6) is -0.354. The van der Waals surface area contributed by atoms with Crippen molar-refractivity contribution in [3.8, 4) is 0 Å². The molecule has 19 heteroatoms. The monoisotopic (exact) mass is 1580 g/mol. The summed E-state index contributed by atoms with van der Waals surface area (Å²) >= 11 is 0. The summed E-state index contributed by atoms with van der Waals surface area (Å²) in [7, 11) is -9.93. The minimum Gasteiger partial charge on any atom is -0.462 e. The van der Waals surface area contributed by atoms with E-state index in [0.29, 0.717) is 25.7 Å². The van der Waals surface area contributed by atoms with Crippen molar-refractivity contribution in [3.63, 3.8) is 0 Å². The highest BCUT2D eigenvalue weighted by Gasteiger charge is 2.31. The number of hydrogen-bond acceptors (Lipinski definition) is 15. The fourth-order valence-corrected chi connectivity index (χ4v) is 15.5. The molecule has 0 aromatic carbocycles. The third-order valence-corrected chi connectivity index (χ3v) is 23.6.